The first-order valence-corrected chi connectivity index (χ1v) is 5.02. The van der Waals surface area contributed by atoms with Crippen molar-refractivity contribution in [3.05, 3.63) is 29.8 Å². The van der Waals surface area contributed by atoms with Crippen LogP contribution < -0.4 is 16.0 Å². The number of nitrogens with one attached hydrogen (secondary N) is 1. The van der Waals surface area contributed by atoms with Crippen molar-refractivity contribution in [3.8, 4) is 5.75 Å². The van der Waals surface area contributed by atoms with E-state index >= 15 is 0 Å². The summed E-state index contributed by atoms with van der Waals surface area (Å²) in [5.74, 6) is 6.31. The molecule has 3 nitrogen and oxygen atoms in total. The van der Waals surface area contributed by atoms with Gasteiger partial charge in [0.25, 0.3) is 0 Å². The Morgan fingerprint density at radius 1 is 1.36 bits per heavy atom. The van der Waals surface area contributed by atoms with Crippen molar-refractivity contribution in [1.29, 1.82) is 0 Å². The zero-order valence-corrected chi connectivity index (χ0v) is 8.36. The molecule has 0 bridgehead atoms. The van der Waals surface area contributed by atoms with Crippen LogP contribution in [0.15, 0.2) is 24.3 Å². The highest BCUT2D eigenvalue weighted by Gasteiger charge is 2.23. The van der Waals surface area contributed by atoms with Gasteiger partial charge in [-0.05, 0) is 37.5 Å². The van der Waals surface area contributed by atoms with Gasteiger partial charge in [-0.2, -0.15) is 0 Å². The minimum atomic E-state index is 0.185. The van der Waals surface area contributed by atoms with Crippen molar-refractivity contribution in [3.63, 3.8) is 0 Å². The molecule has 1 aromatic carbocycles. The Labute approximate surface area is 84.2 Å². The third-order valence-corrected chi connectivity index (χ3v) is 2.46. The van der Waals surface area contributed by atoms with Gasteiger partial charge in [-0.1, -0.05) is 12.1 Å². The first-order chi connectivity index (χ1) is 6.79. The van der Waals surface area contributed by atoms with Gasteiger partial charge >= 0.3 is 0 Å². The summed E-state index contributed by atoms with van der Waals surface area (Å²) in [6.07, 6.45) is 2.86. The molecule has 0 aliphatic heterocycles. The lowest BCUT2D eigenvalue weighted by molar-refractivity contribution is 0.303. The summed E-state index contributed by atoms with van der Waals surface area (Å²) in [5, 5.41) is 0. The lowest BCUT2D eigenvalue weighted by Crippen LogP contribution is -2.25. The molecule has 0 amide bonds. The Hall–Kier alpha value is -1.06. The molecule has 0 heterocycles. The highest BCUT2D eigenvalue weighted by molar-refractivity contribution is 5.29. The average Bonchev–Trinajstić information content (AvgIpc) is 3.02. The minimum Gasteiger partial charge on any atom is -0.490 e. The molecule has 0 radical (unpaired) electrons. The van der Waals surface area contributed by atoms with Crippen LogP contribution in [0, 0.1) is 0 Å². The molecular weight excluding hydrogens is 176 g/mol. The zero-order chi connectivity index (χ0) is 9.97. The average molecular weight is 192 g/mol. The van der Waals surface area contributed by atoms with Crippen molar-refractivity contribution < 1.29 is 4.74 Å². The molecule has 1 fully saturated rings. The molecule has 1 atom stereocenters. The number of benzene rings is 1. The number of hydrogen-bond donors (Lipinski definition) is 2. The van der Waals surface area contributed by atoms with Crippen LogP contribution in [-0.4, -0.2) is 6.10 Å². The number of hydrazine groups is 1. The van der Waals surface area contributed by atoms with Crippen LogP contribution in [-0.2, 0) is 0 Å². The first-order valence-electron chi connectivity index (χ1n) is 5.02. The number of nitrogens with two attached hydrogens (primary N) is 1. The second kappa shape index (κ2) is 3.98. The van der Waals surface area contributed by atoms with Crippen LogP contribution in [0.25, 0.3) is 0 Å². The summed E-state index contributed by atoms with van der Waals surface area (Å²) in [6.45, 7) is 2.02. The summed E-state index contributed by atoms with van der Waals surface area (Å²) in [7, 11) is 0. The number of hydrogen-bond acceptors (Lipinski definition) is 3. The molecule has 1 aliphatic rings. The van der Waals surface area contributed by atoms with Crippen LogP contribution in [0.2, 0.25) is 0 Å². The molecule has 14 heavy (non-hydrogen) atoms. The van der Waals surface area contributed by atoms with Crippen LogP contribution in [0.1, 0.15) is 31.4 Å². The summed E-state index contributed by atoms with van der Waals surface area (Å²) >= 11 is 0. The van der Waals surface area contributed by atoms with Crippen molar-refractivity contribution in [2.24, 2.45) is 5.84 Å². The Morgan fingerprint density at radius 2 is 2.00 bits per heavy atom. The lowest BCUT2D eigenvalue weighted by atomic mass is 10.1. The summed E-state index contributed by atoms with van der Waals surface area (Å²) < 4.78 is 5.64. The van der Waals surface area contributed by atoms with E-state index in [0.29, 0.717) is 6.10 Å². The molecule has 0 spiro atoms. The van der Waals surface area contributed by atoms with Gasteiger partial charge < -0.3 is 4.74 Å². The number of ether oxygens (including phenoxy) is 1. The van der Waals surface area contributed by atoms with E-state index in [1.807, 2.05) is 31.2 Å². The maximum absolute atomic E-state index is 5.64. The fourth-order valence-electron chi connectivity index (χ4n) is 1.31. The molecular formula is C11H16N2O. The standard InChI is InChI=1S/C11H16N2O/c1-8(13-12)9-2-4-10(5-3-9)14-11-6-7-11/h2-5,8,11,13H,6-7,12H2,1H3. The summed E-state index contributed by atoms with van der Waals surface area (Å²) in [6, 6.07) is 8.28. The molecule has 0 saturated heterocycles. The zero-order valence-electron chi connectivity index (χ0n) is 8.36. The third kappa shape index (κ3) is 2.25. The fraction of sp³-hybridized carbons (Fsp3) is 0.455. The van der Waals surface area contributed by atoms with Crippen molar-refractivity contribution in [2.75, 3.05) is 0 Å². The first kappa shape index (κ1) is 9.49. The van der Waals surface area contributed by atoms with E-state index in [-0.39, 0.29) is 6.04 Å². The van der Waals surface area contributed by atoms with Crippen LogP contribution in [0.5, 0.6) is 5.75 Å². The van der Waals surface area contributed by atoms with E-state index in [9.17, 15) is 0 Å². The van der Waals surface area contributed by atoms with Gasteiger partial charge in [0, 0.05) is 6.04 Å². The van der Waals surface area contributed by atoms with Crippen LogP contribution in [0.4, 0.5) is 0 Å². The van der Waals surface area contributed by atoms with Crippen LogP contribution >= 0.6 is 0 Å². The highest BCUT2D eigenvalue weighted by atomic mass is 16.5. The van der Waals surface area contributed by atoms with Gasteiger partial charge in [0.2, 0.25) is 0 Å². The second-order valence-corrected chi connectivity index (χ2v) is 3.77. The van der Waals surface area contributed by atoms with Gasteiger partial charge in [-0.25, -0.2) is 0 Å². The predicted octanol–water partition coefficient (Wildman–Crippen LogP) is 1.75. The van der Waals surface area contributed by atoms with E-state index in [0.717, 1.165) is 5.75 Å². The van der Waals surface area contributed by atoms with Crippen molar-refractivity contribution in [2.45, 2.75) is 31.9 Å². The fourth-order valence-corrected chi connectivity index (χ4v) is 1.31. The topological polar surface area (TPSA) is 47.3 Å². The molecule has 1 unspecified atom stereocenters. The van der Waals surface area contributed by atoms with E-state index < -0.39 is 0 Å². The van der Waals surface area contributed by atoms with E-state index in [4.69, 9.17) is 10.6 Å². The van der Waals surface area contributed by atoms with E-state index in [1.165, 1.54) is 18.4 Å². The van der Waals surface area contributed by atoms with Crippen molar-refractivity contribution >= 4 is 0 Å². The molecule has 3 N–H and O–H groups in total. The highest BCUT2D eigenvalue weighted by Crippen LogP contribution is 2.27. The van der Waals surface area contributed by atoms with Crippen molar-refractivity contribution in [1.82, 2.24) is 5.43 Å². The van der Waals surface area contributed by atoms with Gasteiger partial charge in [0.05, 0.1) is 6.10 Å². The summed E-state index contributed by atoms with van der Waals surface area (Å²) in [4.78, 5) is 0. The minimum absolute atomic E-state index is 0.185. The lowest BCUT2D eigenvalue weighted by Gasteiger charge is -2.11. The van der Waals surface area contributed by atoms with Crippen LogP contribution in [0.3, 0.4) is 0 Å². The quantitative estimate of drug-likeness (QED) is 0.564. The third-order valence-electron chi connectivity index (χ3n) is 2.46. The van der Waals surface area contributed by atoms with E-state index in [2.05, 4.69) is 5.43 Å². The van der Waals surface area contributed by atoms with E-state index in [1.54, 1.807) is 0 Å². The maximum atomic E-state index is 5.64. The van der Waals surface area contributed by atoms with Gasteiger partial charge in [0.1, 0.15) is 5.75 Å². The molecule has 3 heteroatoms. The Morgan fingerprint density at radius 3 is 2.50 bits per heavy atom. The second-order valence-electron chi connectivity index (χ2n) is 3.77. The largest absolute Gasteiger partial charge is 0.490 e. The molecule has 2 rings (SSSR count). The summed E-state index contributed by atoms with van der Waals surface area (Å²) in [5.41, 5.74) is 3.89. The Bertz CT molecular complexity index is 293. The Kier molecular flexibility index (Phi) is 2.70. The van der Waals surface area contributed by atoms with Gasteiger partial charge in [0.15, 0.2) is 0 Å². The molecule has 1 aromatic rings. The SMILES string of the molecule is CC(NN)c1ccc(OC2CC2)cc1. The van der Waals surface area contributed by atoms with Gasteiger partial charge in [-0.15, -0.1) is 0 Å². The van der Waals surface area contributed by atoms with Gasteiger partial charge in [-0.3, -0.25) is 11.3 Å². The molecule has 0 aromatic heterocycles. The number of rotatable bonds is 4. The smallest absolute Gasteiger partial charge is 0.119 e. The Balaban J connectivity index is 2.01. The monoisotopic (exact) mass is 192 g/mol. The normalized spacial score (nSPS) is 17.9. The molecule has 76 valence electrons. The molecule has 1 saturated carbocycles. The maximum Gasteiger partial charge on any atom is 0.119 e. The molecule has 1 aliphatic carbocycles. The predicted molar refractivity (Wildman–Crippen MR) is 55.8 cm³/mol.